The zero-order chi connectivity index (χ0) is 15.5. The van der Waals surface area contributed by atoms with E-state index < -0.39 is 16.0 Å². The highest BCUT2D eigenvalue weighted by Crippen LogP contribution is 2.20. The number of hydrogen-bond acceptors (Lipinski definition) is 5. The number of hydrogen-bond donors (Lipinski definition) is 1. The average Bonchev–Trinajstić information content (AvgIpc) is 2.44. The van der Waals surface area contributed by atoms with Gasteiger partial charge in [-0.3, -0.25) is 0 Å². The molecule has 7 heteroatoms. The quantitative estimate of drug-likeness (QED) is 0.810. The second kappa shape index (κ2) is 6.34. The molecule has 112 valence electrons. The Balaban J connectivity index is 3.22. The third-order valence-electron chi connectivity index (χ3n) is 3.24. The molecule has 0 radical (unpaired) electrons. The Labute approximate surface area is 119 Å². The number of esters is 1. The molecule has 0 aliphatic carbocycles. The number of methoxy groups -OCH3 is 1. The molecule has 1 unspecified atom stereocenters. The van der Waals surface area contributed by atoms with E-state index in [-0.39, 0.29) is 17.5 Å². The largest absolute Gasteiger partial charge is 0.465 e. The fourth-order valence-corrected chi connectivity index (χ4v) is 3.15. The third-order valence-corrected chi connectivity index (χ3v) is 5.21. The van der Waals surface area contributed by atoms with Gasteiger partial charge in [0.05, 0.1) is 17.6 Å². The molecule has 0 spiro atoms. The Bertz CT molecular complexity index is 598. The molecule has 2 N–H and O–H groups in total. The summed E-state index contributed by atoms with van der Waals surface area (Å²) in [5.41, 5.74) is 6.39. The normalized spacial score (nSPS) is 13.3. The summed E-state index contributed by atoms with van der Waals surface area (Å²) in [5, 5.41) is 0. The second-order valence-corrected chi connectivity index (χ2v) is 6.57. The minimum atomic E-state index is -3.62. The first kappa shape index (κ1) is 16.6. The van der Waals surface area contributed by atoms with Gasteiger partial charge in [0, 0.05) is 19.6 Å². The number of carbonyl (C=O) groups excluding carboxylic acids is 1. The summed E-state index contributed by atoms with van der Waals surface area (Å²) in [6, 6.07) is 4.01. The van der Waals surface area contributed by atoms with Gasteiger partial charge in [-0.1, -0.05) is 0 Å². The maximum absolute atomic E-state index is 12.4. The smallest absolute Gasteiger partial charge is 0.338 e. The van der Waals surface area contributed by atoms with Crippen LogP contribution in [0.1, 0.15) is 22.8 Å². The van der Waals surface area contributed by atoms with E-state index in [0.717, 1.165) is 0 Å². The zero-order valence-electron chi connectivity index (χ0n) is 12.1. The highest BCUT2D eigenvalue weighted by molar-refractivity contribution is 7.89. The minimum Gasteiger partial charge on any atom is -0.465 e. The summed E-state index contributed by atoms with van der Waals surface area (Å²) >= 11 is 0. The van der Waals surface area contributed by atoms with E-state index in [1.807, 2.05) is 0 Å². The average molecular weight is 300 g/mol. The Morgan fingerprint density at radius 1 is 1.45 bits per heavy atom. The third kappa shape index (κ3) is 3.17. The van der Waals surface area contributed by atoms with Crippen molar-refractivity contribution in [3.8, 4) is 0 Å². The van der Waals surface area contributed by atoms with Crippen LogP contribution in [0, 0.1) is 6.92 Å². The lowest BCUT2D eigenvalue weighted by Gasteiger charge is -2.23. The molecule has 0 aromatic heterocycles. The van der Waals surface area contributed by atoms with Crippen LogP contribution < -0.4 is 5.73 Å². The van der Waals surface area contributed by atoms with Crippen molar-refractivity contribution in [2.24, 2.45) is 5.73 Å². The number of aryl methyl sites for hydroxylation is 1. The molecule has 0 heterocycles. The van der Waals surface area contributed by atoms with Crippen molar-refractivity contribution in [2.75, 3.05) is 20.7 Å². The second-order valence-electron chi connectivity index (χ2n) is 4.57. The van der Waals surface area contributed by atoms with E-state index in [1.54, 1.807) is 13.8 Å². The number of nitrogens with zero attached hydrogens (tertiary/aromatic N) is 1. The Kier molecular flexibility index (Phi) is 5.27. The number of nitrogens with two attached hydrogens (primary N) is 1. The van der Waals surface area contributed by atoms with Crippen molar-refractivity contribution in [3.05, 3.63) is 29.3 Å². The topological polar surface area (TPSA) is 89.7 Å². The molecule has 1 aromatic carbocycles. The molecule has 0 saturated carbocycles. The standard InChI is InChI=1S/C13H20N2O4S/c1-9-7-11(5-6-12(9)13(16)19-4)20(17,18)15(3)10(2)8-14/h5-7,10H,8,14H2,1-4H3. The van der Waals surface area contributed by atoms with Gasteiger partial charge in [-0.2, -0.15) is 4.31 Å². The SMILES string of the molecule is COC(=O)c1ccc(S(=O)(=O)N(C)C(C)CN)cc1C. The maximum atomic E-state index is 12.4. The number of benzene rings is 1. The van der Waals surface area contributed by atoms with Crippen LogP contribution in [0.15, 0.2) is 23.1 Å². The van der Waals surface area contributed by atoms with Gasteiger partial charge < -0.3 is 10.5 Å². The molecule has 20 heavy (non-hydrogen) atoms. The van der Waals surface area contributed by atoms with Crippen molar-refractivity contribution in [2.45, 2.75) is 24.8 Å². The number of sulfonamides is 1. The van der Waals surface area contributed by atoms with Crippen molar-refractivity contribution >= 4 is 16.0 Å². The fraction of sp³-hybridized carbons (Fsp3) is 0.462. The predicted molar refractivity (Wildman–Crippen MR) is 76.0 cm³/mol. The highest BCUT2D eigenvalue weighted by Gasteiger charge is 2.25. The summed E-state index contributed by atoms with van der Waals surface area (Å²) in [6.45, 7) is 3.62. The number of rotatable bonds is 5. The van der Waals surface area contributed by atoms with Crippen molar-refractivity contribution in [1.29, 1.82) is 0 Å². The van der Waals surface area contributed by atoms with E-state index in [1.165, 1.54) is 36.7 Å². The van der Waals surface area contributed by atoms with Gasteiger partial charge in [-0.25, -0.2) is 13.2 Å². The molecular weight excluding hydrogens is 280 g/mol. The monoisotopic (exact) mass is 300 g/mol. The van der Waals surface area contributed by atoms with Crippen LogP contribution in [0.4, 0.5) is 0 Å². The van der Waals surface area contributed by atoms with Crippen molar-refractivity contribution in [3.63, 3.8) is 0 Å². The first-order valence-corrected chi connectivity index (χ1v) is 7.56. The molecule has 1 aromatic rings. The molecular formula is C13H20N2O4S. The molecule has 0 amide bonds. The summed E-state index contributed by atoms with van der Waals surface area (Å²) in [6.07, 6.45) is 0. The van der Waals surface area contributed by atoms with Gasteiger partial charge >= 0.3 is 5.97 Å². The van der Waals surface area contributed by atoms with Crippen LogP contribution in [0.3, 0.4) is 0 Å². The fourth-order valence-electron chi connectivity index (χ4n) is 1.69. The minimum absolute atomic E-state index is 0.130. The van der Waals surface area contributed by atoms with Crippen molar-refractivity contribution in [1.82, 2.24) is 4.31 Å². The van der Waals surface area contributed by atoms with Crippen molar-refractivity contribution < 1.29 is 17.9 Å². The van der Waals surface area contributed by atoms with E-state index in [2.05, 4.69) is 4.74 Å². The Morgan fingerprint density at radius 2 is 2.05 bits per heavy atom. The first-order chi connectivity index (χ1) is 9.25. The zero-order valence-corrected chi connectivity index (χ0v) is 12.9. The summed E-state index contributed by atoms with van der Waals surface area (Å²) in [7, 11) is -0.857. The summed E-state index contributed by atoms with van der Waals surface area (Å²) in [5.74, 6) is -0.491. The van der Waals surface area contributed by atoms with Gasteiger partial charge in [0.25, 0.3) is 0 Å². The highest BCUT2D eigenvalue weighted by atomic mass is 32.2. The number of carbonyl (C=O) groups is 1. The van der Waals surface area contributed by atoms with Gasteiger partial charge in [-0.05, 0) is 37.6 Å². The van der Waals surface area contributed by atoms with Gasteiger partial charge in [0.15, 0.2) is 0 Å². The van der Waals surface area contributed by atoms with Crippen LogP contribution in [0.5, 0.6) is 0 Å². The van der Waals surface area contributed by atoms with E-state index >= 15 is 0 Å². The van der Waals surface area contributed by atoms with Crippen LogP contribution >= 0.6 is 0 Å². The molecule has 1 atom stereocenters. The van der Waals surface area contributed by atoms with E-state index in [9.17, 15) is 13.2 Å². The summed E-state index contributed by atoms with van der Waals surface area (Å²) in [4.78, 5) is 11.6. The Hall–Kier alpha value is -1.44. The molecule has 1 rings (SSSR count). The number of likely N-dealkylation sites (N-methyl/N-ethyl adjacent to an activating group) is 1. The van der Waals surface area contributed by atoms with Gasteiger partial charge in [-0.15, -0.1) is 0 Å². The number of ether oxygens (including phenoxy) is 1. The maximum Gasteiger partial charge on any atom is 0.338 e. The lowest BCUT2D eigenvalue weighted by Crippen LogP contribution is -2.39. The lowest BCUT2D eigenvalue weighted by molar-refractivity contribution is 0.0600. The van der Waals surface area contributed by atoms with Gasteiger partial charge in [0.1, 0.15) is 0 Å². The van der Waals surface area contributed by atoms with E-state index in [4.69, 9.17) is 5.73 Å². The lowest BCUT2D eigenvalue weighted by atomic mass is 10.1. The van der Waals surface area contributed by atoms with Crippen LogP contribution in [0.25, 0.3) is 0 Å². The van der Waals surface area contributed by atoms with Crippen LogP contribution in [-0.2, 0) is 14.8 Å². The molecule has 0 saturated heterocycles. The molecule has 6 nitrogen and oxygen atoms in total. The van der Waals surface area contributed by atoms with Gasteiger partial charge in [0.2, 0.25) is 10.0 Å². The summed E-state index contributed by atoms with van der Waals surface area (Å²) < 4.78 is 30.6. The van der Waals surface area contributed by atoms with E-state index in [0.29, 0.717) is 11.1 Å². The van der Waals surface area contributed by atoms with Crippen LogP contribution in [0.2, 0.25) is 0 Å². The molecule has 0 bridgehead atoms. The molecule has 0 fully saturated rings. The molecule has 0 aliphatic heterocycles. The first-order valence-electron chi connectivity index (χ1n) is 6.12. The molecule has 0 aliphatic rings. The Morgan fingerprint density at radius 3 is 2.50 bits per heavy atom. The predicted octanol–water partition coefficient (Wildman–Crippen LogP) is 0.749. The van der Waals surface area contributed by atoms with Crippen LogP contribution in [-0.4, -0.2) is 45.4 Å².